The second-order valence-corrected chi connectivity index (χ2v) is 10.1. The van der Waals surface area contributed by atoms with E-state index < -0.39 is 5.82 Å². The van der Waals surface area contributed by atoms with E-state index in [1.807, 2.05) is 27.0 Å². The lowest BCUT2D eigenvalue weighted by Gasteiger charge is -2.36. The zero-order valence-electron chi connectivity index (χ0n) is 21.6. The van der Waals surface area contributed by atoms with Gasteiger partial charge in [-0.3, -0.25) is 4.99 Å². The summed E-state index contributed by atoms with van der Waals surface area (Å²) in [5, 5.41) is 4.02. The molecular formula is C27H34FN7O. The van der Waals surface area contributed by atoms with Crippen molar-refractivity contribution in [2.45, 2.75) is 59.0 Å². The SMILES string of the molecule is CN=C(CC(C)=Nc1cc(N2CC(C)NC(C)C2)nc(Oc2ccc3[nH]c(C)cc3c2F)n1)C1CC1. The maximum atomic E-state index is 15.2. The van der Waals surface area contributed by atoms with Crippen LogP contribution in [0.5, 0.6) is 11.8 Å². The van der Waals surface area contributed by atoms with Gasteiger partial charge in [-0.1, -0.05) is 0 Å². The smallest absolute Gasteiger partial charge is 0.326 e. The van der Waals surface area contributed by atoms with Crippen LogP contribution in [-0.2, 0) is 0 Å². The summed E-state index contributed by atoms with van der Waals surface area (Å²) >= 11 is 0. The van der Waals surface area contributed by atoms with Crippen LogP contribution in [0.15, 0.2) is 34.3 Å². The number of anilines is 1. The highest BCUT2D eigenvalue weighted by molar-refractivity contribution is 6.05. The Hall–Kier alpha value is -3.33. The Kier molecular flexibility index (Phi) is 6.75. The fourth-order valence-electron chi connectivity index (χ4n) is 4.96. The quantitative estimate of drug-likeness (QED) is 0.435. The summed E-state index contributed by atoms with van der Waals surface area (Å²) in [6.07, 6.45) is 3.12. The number of H-pyrrole nitrogens is 1. The highest BCUT2D eigenvalue weighted by atomic mass is 19.1. The third-order valence-electron chi connectivity index (χ3n) is 6.68. The number of nitrogens with zero attached hydrogens (tertiary/aromatic N) is 5. The number of ether oxygens (including phenoxy) is 1. The molecule has 1 saturated heterocycles. The molecule has 0 bridgehead atoms. The van der Waals surface area contributed by atoms with Crippen molar-refractivity contribution in [2.75, 3.05) is 25.0 Å². The number of rotatable bonds is 7. The highest BCUT2D eigenvalue weighted by Crippen LogP contribution is 2.33. The van der Waals surface area contributed by atoms with Crippen molar-refractivity contribution in [3.05, 3.63) is 35.8 Å². The average Bonchev–Trinajstić information content (AvgIpc) is 3.59. The number of aromatic nitrogens is 3. The van der Waals surface area contributed by atoms with Crippen LogP contribution in [0.3, 0.4) is 0 Å². The van der Waals surface area contributed by atoms with E-state index in [1.54, 1.807) is 18.2 Å². The first-order chi connectivity index (χ1) is 17.3. The van der Waals surface area contributed by atoms with Crippen LogP contribution in [0.1, 0.15) is 45.7 Å². The van der Waals surface area contributed by atoms with Crippen LogP contribution in [0.25, 0.3) is 10.9 Å². The first-order valence-electron chi connectivity index (χ1n) is 12.6. The van der Waals surface area contributed by atoms with Gasteiger partial charge in [-0.15, -0.1) is 0 Å². The van der Waals surface area contributed by atoms with Gasteiger partial charge in [0.05, 0.1) is 0 Å². The van der Waals surface area contributed by atoms with Crippen molar-refractivity contribution in [1.29, 1.82) is 0 Å². The summed E-state index contributed by atoms with van der Waals surface area (Å²) in [6.45, 7) is 9.77. The van der Waals surface area contributed by atoms with E-state index in [1.165, 1.54) is 18.6 Å². The minimum Gasteiger partial charge on any atom is -0.421 e. The van der Waals surface area contributed by atoms with E-state index in [2.05, 4.69) is 44.0 Å². The molecule has 5 rings (SSSR count). The van der Waals surface area contributed by atoms with Gasteiger partial charge >= 0.3 is 6.01 Å². The molecule has 1 saturated carbocycles. The molecule has 2 aromatic heterocycles. The predicted octanol–water partition coefficient (Wildman–Crippen LogP) is 5.35. The third-order valence-corrected chi connectivity index (χ3v) is 6.68. The molecule has 3 heterocycles. The zero-order valence-corrected chi connectivity index (χ0v) is 21.6. The van der Waals surface area contributed by atoms with Crippen LogP contribution >= 0.6 is 0 Å². The van der Waals surface area contributed by atoms with Gasteiger partial charge in [0.15, 0.2) is 17.4 Å². The number of hydrogen-bond donors (Lipinski definition) is 2. The Morgan fingerprint density at radius 1 is 1.17 bits per heavy atom. The molecule has 0 amide bonds. The number of piperazine rings is 1. The number of aryl methyl sites for hydroxylation is 1. The largest absolute Gasteiger partial charge is 0.421 e. The lowest BCUT2D eigenvalue weighted by atomic mass is 10.1. The van der Waals surface area contributed by atoms with Crippen molar-refractivity contribution in [2.24, 2.45) is 15.9 Å². The Bertz CT molecular complexity index is 1320. The van der Waals surface area contributed by atoms with Crippen molar-refractivity contribution in [3.63, 3.8) is 0 Å². The molecule has 2 aliphatic rings. The summed E-state index contributed by atoms with van der Waals surface area (Å²) in [5.74, 6) is 1.44. The normalized spacial score (nSPS) is 21.3. The molecular weight excluding hydrogens is 457 g/mol. The molecule has 2 N–H and O–H groups in total. The van der Waals surface area contributed by atoms with Gasteiger partial charge in [-0.05, 0) is 64.7 Å². The predicted molar refractivity (Wildman–Crippen MR) is 143 cm³/mol. The maximum absolute atomic E-state index is 15.2. The number of fused-ring (bicyclic) bond motifs is 1. The minimum absolute atomic E-state index is 0.0787. The Balaban J connectivity index is 1.49. The standard InChI is InChI=1S/C27H34FN7O/c1-15-10-20-21(31-15)8-9-23(26(20)28)36-27-33-24(32-16(2)11-22(29-5)19-6-7-19)12-25(34-27)35-13-17(3)30-18(4)14-35/h8-10,12,17-19,30-31H,6-7,11,13-14H2,1-5H3. The molecule has 1 aliphatic carbocycles. The van der Waals surface area contributed by atoms with Gasteiger partial charge in [-0.25, -0.2) is 9.38 Å². The number of aliphatic imine (C=N–C) groups is 2. The lowest BCUT2D eigenvalue weighted by Crippen LogP contribution is -2.54. The van der Waals surface area contributed by atoms with Crippen molar-refractivity contribution in [1.82, 2.24) is 20.3 Å². The molecule has 2 fully saturated rings. The fourth-order valence-corrected chi connectivity index (χ4v) is 4.96. The molecule has 3 aromatic rings. The van der Waals surface area contributed by atoms with Crippen molar-refractivity contribution < 1.29 is 9.13 Å². The second-order valence-electron chi connectivity index (χ2n) is 10.1. The van der Waals surface area contributed by atoms with Crippen molar-refractivity contribution in [3.8, 4) is 11.8 Å². The minimum atomic E-state index is -0.440. The van der Waals surface area contributed by atoms with Crippen LogP contribution in [0.4, 0.5) is 16.0 Å². The molecule has 0 radical (unpaired) electrons. The Labute approximate surface area is 211 Å². The molecule has 8 nitrogen and oxygen atoms in total. The number of hydrogen-bond acceptors (Lipinski definition) is 7. The molecule has 0 spiro atoms. The molecule has 1 aromatic carbocycles. The molecule has 2 unspecified atom stereocenters. The average molecular weight is 492 g/mol. The Morgan fingerprint density at radius 3 is 2.61 bits per heavy atom. The maximum Gasteiger partial charge on any atom is 0.326 e. The van der Waals surface area contributed by atoms with Gasteiger partial charge in [0.25, 0.3) is 0 Å². The van der Waals surface area contributed by atoms with Crippen LogP contribution < -0.4 is 15.0 Å². The molecule has 190 valence electrons. The fraction of sp³-hybridized carbons (Fsp3) is 0.481. The number of nitrogens with one attached hydrogen (secondary N) is 2. The molecule has 9 heteroatoms. The number of aromatic amines is 1. The summed E-state index contributed by atoms with van der Waals surface area (Å²) in [4.78, 5) is 23.8. The van der Waals surface area contributed by atoms with E-state index in [0.29, 0.717) is 29.2 Å². The molecule has 36 heavy (non-hydrogen) atoms. The van der Waals surface area contributed by atoms with Crippen molar-refractivity contribution >= 4 is 34.0 Å². The van der Waals surface area contributed by atoms with E-state index >= 15 is 4.39 Å². The zero-order chi connectivity index (χ0) is 25.4. The van der Waals surface area contributed by atoms with Crippen LogP contribution in [0.2, 0.25) is 0 Å². The van der Waals surface area contributed by atoms with Gasteiger partial charge < -0.3 is 19.9 Å². The van der Waals surface area contributed by atoms with E-state index in [0.717, 1.165) is 42.3 Å². The molecule has 2 atom stereocenters. The second kappa shape index (κ2) is 9.97. The van der Waals surface area contributed by atoms with Crippen LogP contribution in [-0.4, -0.2) is 58.6 Å². The first kappa shape index (κ1) is 24.4. The summed E-state index contributed by atoms with van der Waals surface area (Å²) in [6, 6.07) is 7.75. The van der Waals surface area contributed by atoms with Gasteiger partial charge in [0.2, 0.25) is 0 Å². The Morgan fingerprint density at radius 2 is 1.92 bits per heavy atom. The van der Waals surface area contributed by atoms with E-state index in [9.17, 15) is 0 Å². The third kappa shape index (κ3) is 5.41. The summed E-state index contributed by atoms with van der Waals surface area (Å²) < 4.78 is 21.2. The van der Waals surface area contributed by atoms with E-state index in [-0.39, 0.29) is 11.8 Å². The monoisotopic (exact) mass is 491 g/mol. The van der Waals surface area contributed by atoms with Gasteiger partial charge in [0, 0.05) is 72.7 Å². The number of benzene rings is 1. The summed E-state index contributed by atoms with van der Waals surface area (Å²) in [7, 11) is 1.85. The topological polar surface area (TPSA) is 90.8 Å². The molecule has 1 aliphatic heterocycles. The lowest BCUT2D eigenvalue weighted by molar-refractivity contribution is 0.397. The van der Waals surface area contributed by atoms with Gasteiger partial charge in [0.1, 0.15) is 5.82 Å². The highest BCUT2D eigenvalue weighted by Gasteiger charge is 2.27. The van der Waals surface area contributed by atoms with Crippen LogP contribution in [0, 0.1) is 18.7 Å². The first-order valence-corrected chi connectivity index (χ1v) is 12.6. The number of halogens is 1. The van der Waals surface area contributed by atoms with Gasteiger partial charge in [-0.2, -0.15) is 9.97 Å². The van der Waals surface area contributed by atoms with E-state index in [4.69, 9.17) is 9.73 Å². The summed E-state index contributed by atoms with van der Waals surface area (Å²) in [5.41, 5.74) is 3.72.